The molecular weight excluding hydrogens is 616 g/mol. The van der Waals surface area contributed by atoms with Gasteiger partial charge in [-0.05, 0) is 124 Å². The average Bonchev–Trinajstić information content (AvgIpc) is 3.32. The van der Waals surface area contributed by atoms with Gasteiger partial charge < -0.3 is 44.5 Å². The number of hydrogen-bond acceptors (Lipinski definition) is 10. The number of ether oxygens (including phenoxy) is 4. The molecule has 0 radical (unpaired) electrons. The minimum Gasteiger partial charge on any atom is -0.454 e. The third-order valence-electron chi connectivity index (χ3n) is 16.1. The lowest BCUT2D eigenvalue weighted by atomic mass is 9.41. The van der Waals surface area contributed by atoms with E-state index in [2.05, 4.69) is 34.6 Å². The predicted molar refractivity (Wildman–Crippen MR) is 175 cm³/mol. The summed E-state index contributed by atoms with van der Waals surface area (Å²) in [4.78, 5) is 11.9. The highest BCUT2D eigenvalue weighted by atomic mass is 16.7. The van der Waals surface area contributed by atoms with Crippen molar-refractivity contribution in [1.29, 1.82) is 0 Å². The summed E-state index contributed by atoms with van der Waals surface area (Å²) >= 11 is 0. The molecule has 0 aromatic rings. The molecule has 7 aliphatic rings. The van der Waals surface area contributed by atoms with Gasteiger partial charge in [0, 0.05) is 12.8 Å². The van der Waals surface area contributed by atoms with E-state index >= 15 is 0 Å². The van der Waals surface area contributed by atoms with Gasteiger partial charge in [0.2, 0.25) is 0 Å². The van der Waals surface area contributed by atoms with E-state index in [4.69, 9.17) is 18.9 Å². The molecule has 5 saturated carbocycles. The van der Waals surface area contributed by atoms with E-state index in [1.807, 2.05) is 13.8 Å². The highest BCUT2D eigenvalue weighted by Crippen LogP contribution is 2.89. The molecule has 10 heteroatoms. The Labute approximate surface area is 286 Å². The average molecular weight is 679 g/mol. The van der Waals surface area contributed by atoms with Crippen LogP contribution in [-0.4, -0.2) is 97.8 Å². The summed E-state index contributed by atoms with van der Waals surface area (Å²) in [7, 11) is 0. The summed E-state index contributed by atoms with van der Waals surface area (Å²) in [6.45, 7) is 17.8. The first-order valence-electron chi connectivity index (χ1n) is 18.7. The maximum atomic E-state index is 12.3. The second kappa shape index (κ2) is 10.8. The lowest BCUT2D eigenvalue weighted by molar-refractivity contribution is -0.325. The van der Waals surface area contributed by atoms with Crippen LogP contribution in [0.3, 0.4) is 0 Å². The van der Waals surface area contributed by atoms with Crippen LogP contribution in [0.15, 0.2) is 0 Å². The highest BCUT2D eigenvalue weighted by molar-refractivity contribution is 5.66. The first kappa shape index (κ1) is 35.5. The molecule has 10 nitrogen and oxygen atoms in total. The SMILES string of the molecule is CC(=O)OC1C(OC2CCC34CC35CCC3(C)C(C6(C)CCC(C(C)(C)O)O6)C(O)CC3(C)C5CC(O)C4C2(C)C)OC(C)C(O)C1O. The number of carbonyl (C=O) groups is 1. The van der Waals surface area contributed by atoms with Crippen LogP contribution in [0.5, 0.6) is 0 Å². The predicted octanol–water partition coefficient (Wildman–Crippen LogP) is 3.86. The van der Waals surface area contributed by atoms with Crippen LogP contribution in [0.4, 0.5) is 0 Å². The third-order valence-corrected chi connectivity index (χ3v) is 16.1. The fraction of sp³-hybridized carbons (Fsp3) is 0.974. The number of esters is 1. The summed E-state index contributed by atoms with van der Waals surface area (Å²) in [6, 6.07) is 0. The molecule has 274 valence electrons. The Morgan fingerprint density at radius 2 is 1.54 bits per heavy atom. The second-order valence-corrected chi connectivity index (χ2v) is 19.3. The Morgan fingerprint density at radius 1 is 0.854 bits per heavy atom. The molecule has 2 aliphatic heterocycles. The second-order valence-electron chi connectivity index (χ2n) is 19.3. The Hall–Kier alpha value is -0.850. The van der Waals surface area contributed by atoms with Gasteiger partial charge in [0.05, 0.1) is 41.7 Å². The summed E-state index contributed by atoms with van der Waals surface area (Å²) in [5.41, 5.74) is -2.21. The zero-order valence-electron chi connectivity index (χ0n) is 30.6. The fourth-order valence-electron chi connectivity index (χ4n) is 14.0. The van der Waals surface area contributed by atoms with Crippen molar-refractivity contribution in [3.63, 3.8) is 0 Å². The molecule has 7 rings (SSSR count). The molecule has 0 bridgehead atoms. The number of carbonyl (C=O) groups excluding carboxylic acids is 1. The number of rotatable bonds is 5. The number of hydrogen-bond donors (Lipinski definition) is 5. The van der Waals surface area contributed by atoms with Crippen molar-refractivity contribution in [3.05, 3.63) is 0 Å². The number of fused-ring (bicyclic) bond motifs is 2. The third kappa shape index (κ3) is 4.61. The first-order valence-corrected chi connectivity index (χ1v) is 18.7. The molecule has 2 spiro atoms. The van der Waals surface area contributed by atoms with Crippen molar-refractivity contribution in [3.8, 4) is 0 Å². The molecule has 17 unspecified atom stereocenters. The number of aliphatic hydroxyl groups is 5. The largest absolute Gasteiger partial charge is 0.454 e. The van der Waals surface area contributed by atoms with E-state index in [0.29, 0.717) is 12.8 Å². The van der Waals surface area contributed by atoms with Gasteiger partial charge in [-0.2, -0.15) is 0 Å². The van der Waals surface area contributed by atoms with E-state index < -0.39 is 65.5 Å². The Balaban J connectivity index is 1.15. The molecule has 48 heavy (non-hydrogen) atoms. The molecule has 5 N–H and O–H groups in total. The van der Waals surface area contributed by atoms with Crippen molar-refractivity contribution in [2.24, 2.45) is 44.8 Å². The molecule has 5 aliphatic carbocycles. The van der Waals surface area contributed by atoms with Crippen LogP contribution >= 0.6 is 0 Å². The summed E-state index contributed by atoms with van der Waals surface area (Å²) in [5.74, 6) is -0.384. The minimum atomic E-state index is -1.34. The van der Waals surface area contributed by atoms with Crippen LogP contribution in [0.25, 0.3) is 0 Å². The van der Waals surface area contributed by atoms with Gasteiger partial charge in [-0.25, -0.2) is 0 Å². The molecule has 2 saturated heterocycles. The highest BCUT2D eigenvalue weighted by Gasteiger charge is 2.85. The zero-order chi connectivity index (χ0) is 35.2. The van der Waals surface area contributed by atoms with Crippen molar-refractivity contribution >= 4 is 5.97 Å². The van der Waals surface area contributed by atoms with Gasteiger partial charge in [0.25, 0.3) is 0 Å². The first-order chi connectivity index (χ1) is 22.1. The monoisotopic (exact) mass is 678 g/mol. The molecular formula is C38H62O10. The fourth-order valence-corrected chi connectivity index (χ4v) is 14.0. The summed E-state index contributed by atoms with van der Waals surface area (Å²) < 4.78 is 24.8. The van der Waals surface area contributed by atoms with E-state index in [1.165, 1.54) is 6.92 Å². The van der Waals surface area contributed by atoms with Gasteiger partial charge in [-0.3, -0.25) is 4.79 Å². The quantitative estimate of drug-likeness (QED) is 0.214. The van der Waals surface area contributed by atoms with Crippen LogP contribution in [0.1, 0.15) is 120 Å². The summed E-state index contributed by atoms with van der Waals surface area (Å²) in [6.07, 6.45) is 0.636. The van der Waals surface area contributed by atoms with Crippen molar-refractivity contribution in [2.75, 3.05) is 0 Å². The standard InChI is InChI=1S/C38H62O10/c1-19-26(42)27(43)28(46-20(2)39)31(45-19)47-24-11-13-38-18-37(38)15-14-34(7)30(36(9)12-10-25(48-36)33(5,6)44)22(41)17-35(34,8)23(37)16-21(40)29(38)32(24,3)4/h19,21-31,40-44H,10-18H2,1-9H3. The Morgan fingerprint density at radius 3 is 2.17 bits per heavy atom. The van der Waals surface area contributed by atoms with E-state index in [1.54, 1.807) is 6.92 Å². The van der Waals surface area contributed by atoms with Crippen molar-refractivity contribution in [1.82, 2.24) is 0 Å². The van der Waals surface area contributed by atoms with Gasteiger partial charge in [-0.15, -0.1) is 0 Å². The minimum absolute atomic E-state index is 0.0120. The molecule has 2 heterocycles. The van der Waals surface area contributed by atoms with Crippen molar-refractivity contribution in [2.45, 2.75) is 186 Å². The zero-order valence-corrected chi connectivity index (χ0v) is 30.6. The number of aliphatic hydroxyl groups excluding tert-OH is 4. The van der Waals surface area contributed by atoms with E-state index in [9.17, 15) is 30.3 Å². The van der Waals surface area contributed by atoms with Crippen LogP contribution in [0.2, 0.25) is 0 Å². The topological polar surface area (TPSA) is 155 Å². The van der Waals surface area contributed by atoms with Gasteiger partial charge in [-0.1, -0.05) is 27.7 Å². The molecule has 7 fully saturated rings. The van der Waals surface area contributed by atoms with Gasteiger partial charge in [0.1, 0.15) is 12.2 Å². The summed E-state index contributed by atoms with van der Waals surface area (Å²) in [5, 5.41) is 56.3. The lowest BCUT2D eigenvalue weighted by Crippen LogP contribution is -2.64. The Bertz CT molecular complexity index is 1300. The van der Waals surface area contributed by atoms with Crippen LogP contribution in [-0.2, 0) is 23.7 Å². The van der Waals surface area contributed by atoms with Crippen LogP contribution in [0, 0.1) is 44.8 Å². The Kier molecular flexibility index (Phi) is 8.03. The van der Waals surface area contributed by atoms with Crippen molar-refractivity contribution < 1.29 is 49.3 Å². The molecule has 17 atom stereocenters. The molecule has 0 aromatic carbocycles. The maximum Gasteiger partial charge on any atom is 0.303 e. The normalized spacial score (nSPS) is 57.2. The van der Waals surface area contributed by atoms with E-state index in [0.717, 1.165) is 44.9 Å². The van der Waals surface area contributed by atoms with Gasteiger partial charge >= 0.3 is 5.97 Å². The van der Waals surface area contributed by atoms with E-state index in [-0.39, 0.29) is 51.6 Å². The van der Waals surface area contributed by atoms with Gasteiger partial charge in [0.15, 0.2) is 12.4 Å². The molecule has 0 amide bonds. The maximum absolute atomic E-state index is 12.3. The lowest BCUT2D eigenvalue weighted by Gasteiger charge is -2.64. The van der Waals surface area contributed by atoms with Crippen LogP contribution < -0.4 is 0 Å². The molecule has 0 aromatic heterocycles. The smallest absolute Gasteiger partial charge is 0.303 e.